The van der Waals surface area contributed by atoms with Crippen LogP contribution in [0.1, 0.15) is 11.9 Å². The minimum absolute atomic E-state index is 0.185. The zero-order valence-corrected chi connectivity index (χ0v) is 12.4. The van der Waals surface area contributed by atoms with Crippen LogP contribution in [0.4, 0.5) is 4.39 Å². The molecule has 1 N–H and O–H groups in total. The summed E-state index contributed by atoms with van der Waals surface area (Å²) < 4.78 is 12.8. The topological polar surface area (TPSA) is 24.9 Å². The highest BCUT2D eigenvalue weighted by molar-refractivity contribution is 7.99. The van der Waals surface area contributed by atoms with Crippen LogP contribution in [0.25, 0.3) is 0 Å². The van der Waals surface area contributed by atoms with E-state index in [0.717, 1.165) is 28.6 Å². The number of nitrogens with zero attached hydrogens (tertiary/aromatic N) is 1. The maximum atomic E-state index is 12.8. The minimum atomic E-state index is -0.185. The fraction of sp³-hybridized carbons (Fsp3) is 0.357. The summed E-state index contributed by atoms with van der Waals surface area (Å²) in [6, 6.07) is 7.06. The third-order valence-corrected chi connectivity index (χ3v) is 4.64. The minimum Gasteiger partial charge on any atom is -0.313 e. The molecule has 0 fully saturated rings. The van der Waals surface area contributed by atoms with Crippen LogP contribution in [0.5, 0.6) is 0 Å². The Kier molecular flexibility index (Phi) is 5.82. The number of hydrogen-bond acceptors (Lipinski definition) is 4. The molecule has 102 valence electrons. The number of nitrogens with one attached hydrogen (secondary N) is 1. The number of thioether (sulfide) groups is 1. The molecule has 0 aliphatic carbocycles. The number of thiazole rings is 1. The van der Waals surface area contributed by atoms with E-state index in [9.17, 15) is 4.39 Å². The predicted molar refractivity (Wildman–Crippen MR) is 80.4 cm³/mol. The van der Waals surface area contributed by atoms with Gasteiger partial charge in [-0.15, -0.1) is 23.1 Å². The summed E-state index contributed by atoms with van der Waals surface area (Å²) in [6.07, 6.45) is 2.79. The first-order valence-electron chi connectivity index (χ1n) is 6.28. The van der Waals surface area contributed by atoms with Crippen LogP contribution in [0.15, 0.2) is 40.7 Å². The van der Waals surface area contributed by atoms with Gasteiger partial charge >= 0.3 is 0 Å². The first-order chi connectivity index (χ1) is 9.28. The number of halogens is 1. The van der Waals surface area contributed by atoms with Gasteiger partial charge in [0.2, 0.25) is 0 Å². The van der Waals surface area contributed by atoms with Gasteiger partial charge in [0.05, 0.1) is 5.01 Å². The smallest absolute Gasteiger partial charge is 0.123 e. The van der Waals surface area contributed by atoms with Gasteiger partial charge in [-0.1, -0.05) is 6.92 Å². The second-order valence-corrected chi connectivity index (χ2v) is 6.22. The lowest BCUT2D eigenvalue weighted by atomic mass is 10.2. The second kappa shape index (κ2) is 7.62. The van der Waals surface area contributed by atoms with Crippen LogP contribution in [-0.2, 0) is 6.42 Å². The number of benzene rings is 1. The zero-order chi connectivity index (χ0) is 13.5. The Labute approximate surface area is 121 Å². The van der Waals surface area contributed by atoms with Gasteiger partial charge in [-0.3, -0.25) is 0 Å². The standard InChI is InChI=1S/C14H17FN2S2/c1-2-16-12(9-14-17-7-8-18-14)10-19-13-5-3-11(15)4-6-13/h3-8,12,16H,2,9-10H2,1H3. The van der Waals surface area contributed by atoms with Gasteiger partial charge in [-0.2, -0.15) is 0 Å². The van der Waals surface area contributed by atoms with Crippen LogP contribution in [0.3, 0.4) is 0 Å². The highest BCUT2D eigenvalue weighted by atomic mass is 32.2. The molecule has 0 amide bonds. The van der Waals surface area contributed by atoms with Crippen molar-refractivity contribution in [3.8, 4) is 0 Å². The summed E-state index contributed by atoms with van der Waals surface area (Å²) in [7, 11) is 0. The van der Waals surface area contributed by atoms with E-state index in [-0.39, 0.29) is 5.82 Å². The highest BCUT2D eigenvalue weighted by Crippen LogP contribution is 2.20. The van der Waals surface area contributed by atoms with Crippen molar-refractivity contribution in [2.24, 2.45) is 0 Å². The van der Waals surface area contributed by atoms with Gasteiger partial charge in [0.15, 0.2) is 0 Å². The van der Waals surface area contributed by atoms with E-state index >= 15 is 0 Å². The average molecular weight is 296 g/mol. The van der Waals surface area contributed by atoms with E-state index in [0.29, 0.717) is 6.04 Å². The molecule has 0 spiro atoms. The Morgan fingerprint density at radius 2 is 2.16 bits per heavy atom. The number of rotatable bonds is 7. The maximum absolute atomic E-state index is 12.8. The molecule has 1 aromatic carbocycles. The van der Waals surface area contributed by atoms with E-state index in [1.807, 2.05) is 23.7 Å². The number of aromatic nitrogens is 1. The molecule has 0 aliphatic rings. The number of hydrogen-bond donors (Lipinski definition) is 1. The highest BCUT2D eigenvalue weighted by Gasteiger charge is 2.10. The van der Waals surface area contributed by atoms with E-state index in [2.05, 4.69) is 17.2 Å². The molecular formula is C14H17FN2S2. The zero-order valence-electron chi connectivity index (χ0n) is 10.8. The Hall–Kier alpha value is -0.910. The summed E-state index contributed by atoms with van der Waals surface area (Å²) in [5.41, 5.74) is 0. The first-order valence-corrected chi connectivity index (χ1v) is 8.14. The van der Waals surface area contributed by atoms with Gasteiger partial charge in [0.25, 0.3) is 0 Å². The molecule has 2 nitrogen and oxygen atoms in total. The van der Waals surface area contributed by atoms with E-state index in [1.165, 1.54) is 12.1 Å². The SMILES string of the molecule is CCNC(CSc1ccc(F)cc1)Cc1nccs1. The Morgan fingerprint density at radius 3 is 2.79 bits per heavy atom. The van der Waals surface area contributed by atoms with Crippen molar-refractivity contribution in [2.75, 3.05) is 12.3 Å². The van der Waals surface area contributed by atoms with Crippen molar-refractivity contribution >= 4 is 23.1 Å². The van der Waals surface area contributed by atoms with Crippen LogP contribution >= 0.6 is 23.1 Å². The van der Waals surface area contributed by atoms with Crippen LogP contribution in [-0.4, -0.2) is 23.3 Å². The molecule has 1 unspecified atom stereocenters. The van der Waals surface area contributed by atoms with Crippen LogP contribution in [0.2, 0.25) is 0 Å². The summed E-state index contributed by atoms with van der Waals surface area (Å²) in [4.78, 5) is 5.42. The van der Waals surface area contributed by atoms with E-state index < -0.39 is 0 Å². The summed E-state index contributed by atoms with van der Waals surface area (Å²) in [5, 5.41) is 6.64. The largest absolute Gasteiger partial charge is 0.313 e. The van der Waals surface area contributed by atoms with Gasteiger partial charge in [-0.05, 0) is 30.8 Å². The van der Waals surface area contributed by atoms with E-state index in [4.69, 9.17) is 0 Å². The van der Waals surface area contributed by atoms with Gasteiger partial charge < -0.3 is 5.32 Å². The van der Waals surface area contributed by atoms with Gasteiger partial charge in [-0.25, -0.2) is 9.37 Å². The Bertz CT molecular complexity index is 471. The van der Waals surface area contributed by atoms with Crippen molar-refractivity contribution in [3.63, 3.8) is 0 Å². The average Bonchev–Trinajstić information content (AvgIpc) is 2.91. The van der Waals surface area contributed by atoms with Crippen molar-refractivity contribution in [3.05, 3.63) is 46.7 Å². The molecule has 0 saturated carbocycles. The monoisotopic (exact) mass is 296 g/mol. The second-order valence-electron chi connectivity index (χ2n) is 4.15. The van der Waals surface area contributed by atoms with Gasteiger partial charge in [0, 0.05) is 34.7 Å². The fourth-order valence-electron chi connectivity index (χ4n) is 1.77. The lowest BCUT2D eigenvalue weighted by Crippen LogP contribution is -2.33. The third-order valence-electron chi connectivity index (χ3n) is 2.66. The molecule has 0 saturated heterocycles. The maximum Gasteiger partial charge on any atom is 0.123 e. The Morgan fingerprint density at radius 1 is 1.37 bits per heavy atom. The molecule has 5 heteroatoms. The normalized spacial score (nSPS) is 12.5. The van der Waals surface area contributed by atoms with Crippen molar-refractivity contribution in [2.45, 2.75) is 24.3 Å². The Balaban J connectivity index is 1.87. The molecule has 2 rings (SSSR count). The molecule has 19 heavy (non-hydrogen) atoms. The van der Waals surface area contributed by atoms with Crippen LogP contribution < -0.4 is 5.32 Å². The fourth-order valence-corrected chi connectivity index (χ4v) is 3.43. The quantitative estimate of drug-likeness (QED) is 0.790. The van der Waals surface area contributed by atoms with Gasteiger partial charge in [0.1, 0.15) is 5.82 Å². The molecule has 2 aromatic rings. The molecule has 0 radical (unpaired) electrons. The number of likely N-dealkylation sites (N-methyl/N-ethyl adjacent to an activating group) is 1. The molecule has 1 aromatic heterocycles. The molecule has 1 heterocycles. The van der Waals surface area contributed by atoms with E-state index in [1.54, 1.807) is 23.1 Å². The summed E-state index contributed by atoms with van der Waals surface area (Å²) >= 11 is 3.44. The predicted octanol–water partition coefficient (Wildman–Crippen LogP) is 3.60. The third kappa shape index (κ3) is 4.93. The lowest BCUT2D eigenvalue weighted by Gasteiger charge is -2.16. The summed E-state index contributed by atoms with van der Waals surface area (Å²) in [5.74, 6) is 0.773. The molecular weight excluding hydrogens is 279 g/mol. The van der Waals surface area contributed by atoms with Crippen molar-refractivity contribution in [1.29, 1.82) is 0 Å². The van der Waals surface area contributed by atoms with Crippen LogP contribution in [0, 0.1) is 5.82 Å². The summed E-state index contributed by atoms with van der Waals surface area (Å²) in [6.45, 7) is 3.05. The van der Waals surface area contributed by atoms with Crippen molar-refractivity contribution < 1.29 is 4.39 Å². The first kappa shape index (κ1) is 14.5. The van der Waals surface area contributed by atoms with Crippen molar-refractivity contribution in [1.82, 2.24) is 10.3 Å². The molecule has 0 aliphatic heterocycles. The lowest BCUT2D eigenvalue weighted by molar-refractivity contribution is 0.571. The molecule has 1 atom stereocenters. The molecule has 0 bridgehead atoms.